The molecule has 2 fully saturated rings. The number of amides is 4. The molecule has 4 rings (SSSR count). The van der Waals surface area contributed by atoms with Crippen molar-refractivity contribution in [2.75, 3.05) is 6.54 Å². The number of ketones is 1. The third kappa shape index (κ3) is 3.24. The van der Waals surface area contributed by atoms with Crippen molar-refractivity contribution in [3.8, 4) is 5.82 Å². The molecule has 1 saturated carbocycles. The molecule has 0 spiro atoms. The van der Waals surface area contributed by atoms with E-state index in [1.807, 2.05) is 6.92 Å². The van der Waals surface area contributed by atoms with Crippen LogP contribution >= 0.6 is 0 Å². The van der Waals surface area contributed by atoms with Crippen molar-refractivity contribution >= 4 is 23.6 Å². The van der Waals surface area contributed by atoms with Gasteiger partial charge in [-0.15, -0.1) is 0 Å². The van der Waals surface area contributed by atoms with Crippen LogP contribution in [0.4, 0.5) is 4.79 Å². The van der Waals surface area contributed by atoms with Gasteiger partial charge in [-0.2, -0.15) is 0 Å². The summed E-state index contributed by atoms with van der Waals surface area (Å²) in [5.74, 6) is -0.980. The lowest BCUT2D eigenvalue weighted by Gasteiger charge is -2.28. The summed E-state index contributed by atoms with van der Waals surface area (Å²) < 4.78 is 6.89. The van der Waals surface area contributed by atoms with Gasteiger partial charge in [0.25, 0.3) is 0 Å². The molecule has 158 valence electrons. The molecule has 0 bridgehead atoms. The van der Waals surface area contributed by atoms with E-state index >= 15 is 0 Å². The number of nitrogens with zero attached hydrogens (tertiary/aromatic N) is 4. The third-order valence-corrected chi connectivity index (χ3v) is 5.90. The largest absolute Gasteiger partial charge is 0.360 e. The Labute approximate surface area is 173 Å². The van der Waals surface area contributed by atoms with Gasteiger partial charge >= 0.3 is 17.8 Å². The number of carbonyl (C=O) groups excluding carboxylic acids is 4. The minimum Gasteiger partial charge on any atom is -0.360 e. The smallest absolute Gasteiger partial charge is 0.334 e. The van der Waals surface area contributed by atoms with Gasteiger partial charge < -0.3 is 4.52 Å². The molecule has 0 radical (unpaired) electrons. The summed E-state index contributed by atoms with van der Waals surface area (Å²) in [4.78, 5) is 52.5. The van der Waals surface area contributed by atoms with Crippen LogP contribution in [0.1, 0.15) is 59.6 Å². The summed E-state index contributed by atoms with van der Waals surface area (Å²) in [5, 5.41) is 3.99. The van der Waals surface area contributed by atoms with E-state index in [1.54, 1.807) is 30.5 Å². The highest BCUT2D eigenvalue weighted by Gasteiger charge is 2.48. The first-order chi connectivity index (χ1) is 14.3. The fraction of sp³-hybridized carbons (Fsp3) is 0.476. The van der Waals surface area contributed by atoms with E-state index in [-0.39, 0.29) is 6.04 Å². The molecule has 0 atom stereocenters. The lowest BCUT2D eigenvalue weighted by molar-refractivity contribution is -0.144. The molecule has 9 nitrogen and oxygen atoms in total. The Morgan fingerprint density at radius 1 is 1.07 bits per heavy atom. The Hall–Kier alpha value is -3.23. The number of hydrogen-bond donors (Lipinski definition) is 0. The highest BCUT2D eigenvalue weighted by molar-refractivity contribution is 6.45. The minimum absolute atomic E-state index is 0.261. The van der Waals surface area contributed by atoms with Crippen molar-refractivity contribution in [3.05, 3.63) is 34.8 Å². The molecule has 9 heteroatoms. The maximum absolute atomic E-state index is 13.0. The predicted octanol–water partition coefficient (Wildman–Crippen LogP) is 2.70. The SMILES string of the molecule is Cc1cc(-n2c(C)cc(C(=O)CN3C(=O)C(=O)N(C4CCCCC4)C3=O)c2C)no1. The second-order valence-corrected chi connectivity index (χ2v) is 7.98. The van der Waals surface area contributed by atoms with Gasteiger partial charge in [-0.05, 0) is 39.7 Å². The van der Waals surface area contributed by atoms with Gasteiger partial charge in [-0.1, -0.05) is 24.4 Å². The van der Waals surface area contributed by atoms with Gasteiger partial charge in [0, 0.05) is 29.1 Å². The molecule has 3 heterocycles. The third-order valence-electron chi connectivity index (χ3n) is 5.90. The van der Waals surface area contributed by atoms with E-state index in [1.165, 1.54) is 0 Å². The van der Waals surface area contributed by atoms with Crippen LogP contribution in [-0.2, 0) is 9.59 Å². The number of rotatable bonds is 5. The van der Waals surface area contributed by atoms with Crippen molar-refractivity contribution in [1.29, 1.82) is 0 Å². The number of Topliss-reactive ketones (excluding diaryl/α,β-unsaturated/α-hetero) is 1. The van der Waals surface area contributed by atoms with Crippen LogP contribution < -0.4 is 0 Å². The summed E-state index contributed by atoms with van der Waals surface area (Å²) >= 11 is 0. The van der Waals surface area contributed by atoms with E-state index in [0.29, 0.717) is 35.7 Å². The van der Waals surface area contributed by atoms with Gasteiger partial charge in [-0.25, -0.2) is 9.69 Å². The van der Waals surface area contributed by atoms with E-state index in [4.69, 9.17) is 4.52 Å². The van der Waals surface area contributed by atoms with Crippen LogP contribution in [0.25, 0.3) is 5.82 Å². The zero-order valence-electron chi connectivity index (χ0n) is 17.3. The Morgan fingerprint density at radius 2 is 1.77 bits per heavy atom. The lowest BCUT2D eigenvalue weighted by atomic mass is 9.94. The monoisotopic (exact) mass is 412 g/mol. The van der Waals surface area contributed by atoms with Crippen LogP contribution in [-0.4, -0.2) is 55.7 Å². The molecular formula is C21H24N4O5. The molecule has 1 aliphatic heterocycles. The van der Waals surface area contributed by atoms with Gasteiger partial charge in [0.2, 0.25) is 0 Å². The van der Waals surface area contributed by atoms with Crippen molar-refractivity contribution < 1.29 is 23.7 Å². The van der Waals surface area contributed by atoms with Crippen LogP contribution in [0.3, 0.4) is 0 Å². The normalized spacial score (nSPS) is 18.0. The fourth-order valence-electron chi connectivity index (χ4n) is 4.41. The van der Waals surface area contributed by atoms with Crippen LogP contribution in [0, 0.1) is 20.8 Å². The molecule has 2 aromatic rings. The number of imide groups is 2. The summed E-state index contributed by atoms with van der Waals surface area (Å²) in [5.41, 5.74) is 1.76. The quantitative estimate of drug-likeness (QED) is 0.425. The van der Waals surface area contributed by atoms with Gasteiger partial charge in [-0.3, -0.25) is 23.9 Å². The van der Waals surface area contributed by atoms with Gasteiger partial charge in [0.15, 0.2) is 11.6 Å². The predicted molar refractivity (Wildman–Crippen MR) is 105 cm³/mol. The van der Waals surface area contributed by atoms with Crippen LogP contribution in [0.15, 0.2) is 16.7 Å². The second-order valence-electron chi connectivity index (χ2n) is 7.98. The highest BCUT2D eigenvalue weighted by Crippen LogP contribution is 2.27. The standard InChI is InChI=1S/C21H24N4O5/c1-12-9-16(14(3)24(12)18-10-13(2)30-22-18)17(26)11-23-19(27)20(28)25(21(23)29)15-7-5-4-6-8-15/h9-10,15H,4-8,11H2,1-3H3. The number of aryl methyl sites for hydroxylation is 2. The van der Waals surface area contributed by atoms with E-state index in [2.05, 4.69) is 5.16 Å². The molecule has 4 amide bonds. The van der Waals surface area contributed by atoms with Crippen molar-refractivity contribution in [2.24, 2.45) is 0 Å². The molecule has 0 unspecified atom stereocenters. The van der Waals surface area contributed by atoms with Crippen molar-refractivity contribution in [1.82, 2.24) is 19.5 Å². The Kier molecular flexibility index (Phi) is 5.05. The average Bonchev–Trinajstić information content (AvgIpc) is 3.33. The van der Waals surface area contributed by atoms with Crippen LogP contribution in [0.5, 0.6) is 0 Å². The van der Waals surface area contributed by atoms with Crippen molar-refractivity contribution in [3.63, 3.8) is 0 Å². The van der Waals surface area contributed by atoms with E-state index < -0.39 is 30.2 Å². The Bertz CT molecular complexity index is 1040. The molecule has 2 aromatic heterocycles. The van der Waals surface area contributed by atoms with Gasteiger partial charge in [0.1, 0.15) is 5.76 Å². The molecular weight excluding hydrogens is 388 g/mol. The summed E-state index contributed by atoms with van der Waals surface area (Å²) in [6, 6.07) is 2.49. The summed E-state index contributed by atoms with van der Waals surface area (Å²) in [6.45, 7) is 4.90. The minimum atomic E-state index is -0.931. The van der Waals surface area contributed by atoms with Crippen LogP contribution in [0.2, 0.25) is 0 Å². The van der Waals surface area contributed by atoms with E-state index in [0.717, 1.165) is 34.8 Å². The average molecular weight is 412 g/mol. The number of carbonyl (C=O) groups is 4. The summed E-state index contributed by atoms with van der Waals surface area (Å²) in [7, 11) is 0. The number of hydrogen-bond acceptors (Lipinski definition) is 6. The highest BCUT2D eigenvalue weighted by atomic mass is 16.5. The first kappa shape index (κ1) is 20.1. The first-order valence-corrected chi connectivity index (χ1v) is 10.1. The maximum atomic E-state index is 13.0. The van der Waals surface area contributed by atoms with Gasteiger partial charge in [0.05, 0.1) is 6.54 Å². The topological polar surface area (TPSA) is 106 Å². The molecule has 30 heavy (non-hydrogen) atoms. The van der Waals surface area contributed by atoms with Crippen molar-refractivity contribution in [2.45, 2.75) is 58.9 Å². The molecule has 0 N–H and O–H groups in total. The zero-order valence-corrected chi connectivity index (χ0v) is 17.3. The molecule has 2 aliphatic rings. The lowest BCUT2D eigenvalue weighted by Crippen LogP contribution is -2.43. The zero-order chi connectivity index (χ0) is 21.6. The fourth-order valence-corrected chi connectivity index (χ4v) is 4.41. The molecule has 1 saturated heterocycles. The first-order valence-electron chi connectivity index (χ1n) is 10.1. The number of urea groups is 1. The Morgan fingerprint density at radius 3 is 2.40 bits per heavy atom. The van der Waals surface area contributed by atoms with E-state index in [9.17, 15) is 19.2 Å². The number of aromatic nitrogens is 2. The maximum Gasteiger partial charge on any atom is 0.334 e. The summed E-state index contributed by atoms with van der Waals surface area (Å²) in [6.07, 6.45) is 4.30. The second kappa shape index (κ2) is 7.55. The molecule has 1 aliphatic carbocycles. The Balaban J connectivity index is 1.56. The molecule has 0 aromatic carbocycles.